The van der Waals surface area contributed by atoms with Crippen molar-refractivity contribution >= 4 is 35.3 Å². The molecule has 0 fully saturated rings. The lowest BCUT2D eigenvalue weighted by molar-refractivity contribution is -0.140. The molecule has 4 nitrogen and oxygen atoms in total. The van der Waals surface area contributed by atoms with Gasteiger partial charge in [0, 0.05) is 4.90 Å². The highest BCUT2D eigenvalue weighted by Crippen LogP contribution is 2.34. The molecule has 0 saturated heterocycles. The van der Waals surface area contributed by atoms with E-state index in [4.69, 9.17) is 16.7 Å². The Hall–Kier alpha value is -1.27. The number of rotatable bonds is 6. The second kappa shape index (κ2) is 7.50. The summed E-state index contributed by atoms with van der Waals surface area (Å²) in [4.78, 5) is 22.9. The molecule has 0 saturated carbocycles. The van der Waals surface area contributed by atoms with Crippen molar-refractivity contribution in [3.63, 3.8) is 0 Å². The van der Waals surface area contributed by atoms with Crippen molar-refractivity contribution in [2.75, 3.05) is 7.11 Å². The number of esters is 1. The lowest BCUT2D eigenvalue weighted by Gasteiger charge is -2.14. The van der Waals surface area contributed by atoms with E-state index in [-0.39, 0.29) is 5.02 Å². The third kappa shape index (κ3) is 4.11. The van der Waals surface area contributed by atoms with Crippen LogP contribution in [-0.4, -0.2) is 29.4 Å². The van der Waals surface area contributed by atoms with E-state index in [0.717, 1.165) is 30.3 Å². The van der Waals surface area contributed by atoms with Gasteiger partial charge < -0.3 is 9.84 Å². The Morgan fingerprint density at radius 3 is 2.65 bits per heavy atom. The molecule has 0 spiro atoms. The molecule has 110 valence electrons. The van der Waals surface area contributed by atoms with E-state index in [1.54, 1.807) is 0 Å². The van der Waals surface area contributed by atoms with Gasteiger partial charge in [-0.15, -0.1) is 11.8 Å². The third-order valence-corrected chi connectivity index (χ3v) is 4.27. The van der Waals surface area contributed by atoms with Gasteiger partial charge in [-0.25, -0.2) is 9.18 Å². The zero-order valence-electron chi connectivity index (χ0n) is 11.0. The predicted octanol–water partition coefficient (Wildman–Crippen LogP) is 3.61. The second-order valence-electron chi connectivity index (χ2n) is 3.99. The van der Waals surface area contributed by atoms with Gasteiger partial charge >= 0.3 is 11.9 Å². The van der Waals surface area contributed by atoms with Crippen LogP contribution in [0.1, 0.15) is 30.1 Å². The number of ether oxygens (including phenoxy) is 1. The molecule has 1 rings (SSSR count). The van der Waals surface area contributed by atoms with Gasteiger partial charge in [-0.2, -0.15) is 0 Å². The topological polar surface area (TPSA) is 63.6 Å². The summed E-state index contributed by atoms with van der Waals surface area (Å²) in [6, 6.07) is 2.07. The molecule has 1 aromatic rings. The van der Waals surface area contributed by atoms with Gasteiger partial charge in [-0.05, 0) is 18.6 Å². The average molecular weight is 321 g/mol. The normalized spacial score (nSPS) is 12.0. The molecule has 0 amide bonds. The number of methoxy groups -OCH3 is 1. The number of thioether (sulfide) groups is 1. The molecule has 7 heteroatoms. The second-order valence-corrected chi connectivity index (χ2v) is 5.64. The first-order valence-electron chi connectivity index (χ1n) is 5.87. The van der Waals surface area contributed by atoms with Crippen LogP contribution in [0.4, 0.5) is 4.39 Å². The number of hydrogen-bond donors (Lipinski definition) is 1. The standard InChI is InChI=1S/C13H14ClFO4S/c1-3-4-10(13(18)19-2)20-11-5-7(12(16)17)9(15)6-8(11)14/h5-6,10H,3-4H2,1-2H3,(H,16,17). The first-order chi connectivity index (χ1) is 9.40. The third-order valence-electron chi connectivity index (χ3n) is 2.54. The average Bonchev–Trinajstić information content (AvgIpc) is 2.39. The quantitative estimate of drug-likeness (QED) is 0.640. The van der Waals surface area contributed by atoms with Crippen molar-refractivity contribution < 1.29 is 23.8 Å². The molecule has 1 atom stereocenters. The Kier molecular flexibility index (Phi) is 6.29. The van der Waals surface area contributed by atoms with Crippen molar-refractivity contribution in [3.8, 4) is 0 Å². The maximum absolute atomic E-state index is 13.4. The first-order valence-corrected chi connectivity index (χ1v) is 7.13. The molecule has 0 aromatic heterocycles. The predicted molar refractivity (Wildman–Crippen MR) is 74.9 cm³/mol. The monoisotopic (exact) mass is 320 g/mol. The van der Waals surface area contributed by atoms with Crippen LogP contribution in [0.2, 0.25) is 5.02 Å². The number of benzene rings is 1. The minimum Gasteiger partial charge on any atom is -0.478 e. The summed E-state index contributed by atoms with van der Waals surface area (Å²) >= 11 is 6.97. The van der Waals surface area contributed by atoms with E-state index >= 15 is 0 Å². The largest absolute Gasteiger partial charge is 0.478 e. The Morgan fingerprint density at radius 1 is 1.50 bits per heavy atom. The lowest BCUT2D eigenvalue weighted by atomic mass is 10.2. The summed E-state index contributed by atoms with van der Waals surface area (Å²) in [6.07, 6.45) is 1.30. The fourth-order valence-corrected chi connectivity index (χ4v) is 3.05. The molecule has 0 bridgehead atoms. The molecule has 1 N–H and O–H groups in total. The number of carbonyl (C=O) groups excluding carboxylic acids is 1. The van der Waals surface area contributed by atoms with Gasteiger partial charge in [-0.3, -0.25) is 4.79 Å². The lowest BCUT2D eigenvalue weighted by Crippen LogP contribution is -2.18. The van der Waals surface area contributed by atoms with Gasteiger partial charge in [0.2, 0.25) is 0 Å². The van der Waals surface area contributed by atoms with Crippen LogP contribution in [-0.2, 0) is 9.53 Å². The number of halogens is 2. The van der Waals surface area contributed by atoms with Crippen LogP contribution in [0, 0.1) is 5.82 Å². The minimum atomic E-state index is -1.38. The van der Waals surface area contributed by atoms with Crippen LogP contribution in [0.5, 0.6) is 0 Å². The van der Waals surface area contributed by atoms with Gasteiger partial charge in [0.05, 0.1) is 17.7 Å². The van der Waals surface area contributed by atoms with Gasteiger partial charge in [-0.1, -0.05) is 24.9 Å². The number of hydrogen-bond acceptors (Lipinski definition) is 4. The van der Waals surface area contributed by atoms with Crippen molar-refractivity contribution in [3.05, 3.63) is 28.5 Å². The molecule has 0 aliphatic rings. The summed E-state index contributed by atoms with van der Waals surface area (Å²) in [6.45, 7) is 1.91. The van der Waals surface area contributed by atoms with E-state index in [1.165, 1.54) is 7.11 Å². The van der Waals surface area contributed by atoms with Crippen LogP contribution in [0.3, 0.4) is 0 Å². The zero-order valence-corrected chi connectivity index (χ0v) is 12.6. The molecule has 0 aliphatic carbocycles. The zero-order chi connectivity index (χ0) is 15.3. The van der Waals surface area contributed by atoms with Crippen molar-refractivity contribution in [1.29, 1.82) is 0 Å². The number of aromatic carboxylic acids is 1. The van der Waals surface area contributed by atoms with E-state index in [2.05, 4.69) is 4.74 Å². The molecular weight excluding hydrogens is 307 g/mol. The van der Waals surface area contributed by atoms with Crippen LogP contribution in [0.15, 0.2) is 17.0 Å². The Balaban J connectivity index is 3.09. The maximum Gasteiger partial charge on any atom is 0.338 e. The van der Waals surface area contributed by atoms with Gasteiger partial charge in [0.15, 0.2) is 0 Å². The van der Waals surface area contributed by atoms with Gasteiger partial charge in [0.25, 0.3) is 0 Å². The van der Waals surface area contributed by atoms with Crippen LogP contribution >= 0.6 is 23.4 Å². The molecule has 0 aliphatic heterocycles. The van der Waals surface area contributed by atoms with E-state index < -0.39 is 28.6 Å². The summed E-state index contributed by atoms with van der Waals surface area (Å²) < 4.78 is 18.1. The molecule has 1 unspecified atom stereocenters. The summed E-state index contributed by atoms with van der Waals surface area (Å²) in [5, 5.41) is 8.46. The van der Waals surface area contributed by atoms with Crippen LogP contribution in [0.25, 0.3) is 0 Å². The maximum atomic E-state index is 13.4. The van der Waals surface area contributed by atoms with E-state index in [1.807, 2.05) is 6.92 Å². The molecule has 1 aromatic carbocycles. The SMILES string of the molecule is CCCC(Sc1cc(C(=O)O)c(F)cc1Cl)C(=O)OC. The summed E-state index contributed by atoms with van der Waals surface area (Å²) in [5.41, 5.74) is -0.475. The van der Waals surface area contributed by atoms with Crippen LogP contribution < -0.4 is 0 Å². The molecule has 0 heterocycles. The van der Waals surface area contributed by atoms with Crippen molar-refractivity contribution in [2.45, 2.75) is 29.9 Å². The fourth-order valence-electron chi connectivity index (χ4n) is 1.56. The van der Waals surface area contributed by atoms with Crippen molar-refractivity contribution in [2.24, 2.45) is 0 Å². The highest BCUT2D eigenvalue weighted by Gasteiger charge is 2.23. The smallest absolute Gasteiger partial charge is 0.338 e. The fraction of sp³-hybridized carbons (Fsp3) is 0.385. The number of carboxylic acids is 1. The minimum absolute atomic E-state index is 0.0718. The molecule has 20 heavy (non-hydrogen) atoms. The Labute approximate surface area is 125 Å². The first kappa shape index (κ1) is 16.8. The highest BCUT2D eigenvalue weighted by atomic mass is 35.5. The molecule has 0 radical (unpaired) electrons. The number of carboxylic acid groups (broad SMARTS) is 1. The van der Waals surface area contributed by atoms with Gasteiger partial charge in [0.1, 0.15) is 11.1 Å². The molecular formula is C13H14ClFO4S. The highest BCUT2D eigenvalue weighted by molar-refractivity contribution is 8.00. The van der Waals surface area contributed by atoms with E-state index in [9.17, 15) is 14.0 Å². The summed E-state index contributed by atoms with van der Waals surface area (Å²) in [7, 11) is 1.28. The Morgan fingerprint density at radius 2 is 2.15 bits per heavy atom. The van der Waals surface area contributed by atoms with Crippen molar-refractivity contribution in [1.82, 2.24) is 0 Å². The summed E-state index contributed by atoms with van der Waals surface area (Å²) in [5.74, 6) is -2.71. The van der Waals surface area contributed by atoms with E-state index in [0.29, 0.717) is 11.3 Å². The number of carbonyl (C=O) groups is 2. The Bertz CT molecular complexity index is 521.